The number of benzene rings is 1. The van der Waals surface area contributed by atoms with Crippen molar-refractivity contribution in [1.29, 1.82) is 0 Å². The normalized spacial score (nSPS) is 17.4. The van der Waals surface area contributed by atoms with Crippen LogP contribution < -0.4 is 11.0 Å². The average molecular weight is 326 g/mol. The van der Waals surface area contributed by atoms with Crippen LogP contribution in [0.15, 0.2) is 35.3 Å². The van der Waals surface area contributed by atoms with Gasteiger partial charge in [-0.05, 0) is 18.9 Å². The van der Waals surface area contributed by atoms with E-state index in [1.807, 2.05) is 30.5 Å². The fourth-order valence-electron chi connectivity index (χ4n) is 3.17. The van der Waals surface area contributed by atoms with Crippen LogP contribution in [-0.2, 0) is 24.3 Å². The topological polar surface area (TPSA) is 97.6 Å². The van der Waals surface area contributed by atoms with Gasteiger partial charge in [-0.2, -0.15) is 10.2 Å². The molecule has 8 heteroatoms. The second-order valence-corrected chi connectivity index (χ2v) is 6.07. The van der Waals surface area contributed by atoms with Crippen LogP contribution >= 0.6 is 0 Å². The van der Waals surface area contributed by atoms with E-state index in [4.69, 9.17) is 0 Å². The summed E-state index contributed by atoms with van der Waals surface area (Å²) in [4.78, 5) is 23.9. The van der Waals surface area contributed by atoms with E-state index in [-0.39, 0.29) is 24.2 Å². The maximum atomic E-state index is 12.3. The summed E-state index contributed by atoms with van der Waals surface area (Å²) in [7, 11) is 0. The van der Waals surface area contributed by atoms with Crippen LogP contribution in [0.3, 0.4) is 0 Å². The lowest BCUT2D eigenvalue weighted by molar-refractivity contribution is -0.122. The van der Waals surface area contributed by atoms with Gasteiger partial charge in [0.1, 0.15) is 12.4 Å². The van der Waals surface area contributed by atoms with Crippen molar-refractivity contribution in [2.45, 2.75) is 38.4 Å². The van der Waals surface area contributed by atoms with Gasteiger partial charge in [0.05, 0.1) is 5.52 Å². The van der Waals surface area contributed by atoms with Gasteiger partial charge in [0.15, 0.2) is 0 Å². The summed E-state index contributed by atoms with van der Waals surface area (Å²) in [6, 6.07) is 7.82. The molecule has 1 aliphatic heterocycles. The molecule has 0 bridgehead atoms. The summed E-state index contributed by atoms with van der Waals surface area (Å²) in [5.41, 5.74) is 0.699. The van der Waals surface area contributed by atoms with Gasteiger partial charge >= 0.3 is 5.69 Å². The first-order chi connectivity index (χ1) is 11.7. The highest BCUT2D eigenvalue weighted by molar-refractivity contribution is 5.79. The SMILES string of the molecule is O=C(Cn1cc2ccccc2n1)NC1CCc2n[nH]c(=O)n2CC1. The minimum absolute atomic E-state index is 0.0450. The van der Waals surface area contributed by atoms with Crippen LogP contribution in [0.4, 0.5) is 0 Å². The van der Waals surface area contributed by atoms with Crippen molar-refractivity contribution in [3.8, 4) is 0 Å². The molecule has 1 atom stereocenters. The summed E-state index contributed by atoms with van der Waals surface area (Å²) >= 11 is 0. The highest BCUT2D eigenvalue weighted by Gasteiger charge is 2.20. The van der Waals surface area contributed by atoms with Gasteiger partial charge in [-0.3, -0.25) is 14.0 Å². The first-order valence-corrected chi connectivity index (χ1v) is 8.05. The number of nitrogens with one attached hydrogen (secondary N) is 2. The number of hydrogen-bond acceptors (Lipinski definition) is 4. The van der Waals surface area contributed by atoms with E-state index in [2.05, 4.69) is 20.6 Å². The van der Waals surface area contributed by atoms with Crippen molar-refractivity contribution in [3.05, 3.63) is 46.8 Å². The molecule has 0 saturated carbocycles. The Morgan fingerprint density at radius 1 is 1.33 bits per heavy atom. The lowest BCUT2D eigenvalue weighted by atomic mass is 10.1. The number of carbonyl (C=O) groups excluding carboxylic acids is 1. The highest BCUT2D eigenvalue weighted by atomic mass is 16.2. The van der Waals surface area contributed by atoms with Crippen LogP contribution in [0.25, 0.3) is 10.9 Å². The zero-order valence-electron chi connectivity index (χ0n) is 13.1. The maximum Gasteiger partial charge on any atom is 0.343 e. The molecule has 0 saturated heterocycles. The van der Waals surface area contributed by atoms with E-state index >= 15 is 0 Å². The number of fused-ring (bicyclic) bond motifs is 2. The summed E-state index contributed by atoms with van der Waals surface area (Å²) in [5.74, 6) is 0.691. The van der Waals surface area contributed by atoms with Crippen LogP contribution in [0.2, 0.25) is 0 Å². The second-order valence-electron chi connectivity index (χ2n) is 6.07. The van der Waals surface area contributed by atoms with Gasteiger partial charge in [0.2, 0.25) is 5.91 Å². The van der Waals surface area contributed by atoms with E-state index in [9.17, 15) is 9.59 Å². The quantitative estimate of drug-likeness (QED) is 0.730. The summed E-state index contributed by atoms with van der Waals surface area (Å²) in [6.07, 6.45) is 4.04. The summed E-state index contributed by atoms with van der Waals surface area (Å²) in [5, 5.41) is 14.9. The fourth-order valence-corrected chi connectivity index (χ4v) is 3.17. The van der Waals surface area contributed by atoms with Crippen molar-refractivity contribution in [2.24, 2.45) is 0 Å². The number of aromatic nitrogens is 5. The number of nitrogens with zero attached hydrogens (tertiary/aromatic N) is 4. The van der Waals surface area contributed by atoms with E-state index in [0.29, 0.717) is 13.0 Å². The third-order valence-electron chi connectivity index (χ3n) is 4.39. The second kappa shape index (κ2) is 5.95. The number of H-pyrrole nitrogens is 1. The molecule has 1 amide bonds. The predicted octanol–water partition coefficient (Wildman–Crippen LogP) is 0.442. The largest absolute Gasteiger partial charge is 0.352 e. The minimum Gasteiger partial charge on any atom is -0.352 e. The van der Waals surface area contributed by atoms with Crippen molar-refractivity contribution >= 4 is 16.8 Å². The van der Waals surface area contributed by atoms with Crippen molar-refractivity contribution in [3.63, 3.8) is 0 Å². The number of amides is 1. The maximum absolute atomic E-state index is 12.3. The summed E-state index contributed by atoms with van der Waals surface area (Å²) < 4.78 is 3.30. The lowest BCUT2D eigenvalue weighted by Gasteiger charge is -2.15. The first kappa shape index (κ1) is 14.7. The standard InChI is InChI=1S/C16H18N6O2/c23-15(10-21-9-11-3-1-2-4-13(11)20-21)17-12-5-6-14-18-19-16(24)22(14)8-7-12/h1-4,9,12H,5-8,10H2,(H,17,23)(H,19,24). The van der Waals surface area contributed by atoms with Crippen molar-refractivity contribution < 1.29 is 4.79 Å². The number of aromatic amines is 1. The third-order valence-corrected chi connectivity index (χ3v) is 4.39. The van der Waals surface area contributed by atoms with Gasteiger partial charge in [-0.25, -0.2) is 9.89 Å². The van der Waals surface area contributed by atoms with Crippen LogP contribution in [0, 0.1) is 0 Å². The smallest absolute Gasteiger partial charge is 0.343 e. The molecule has 2 N–H and O–H groups in total. The Kier molecular flexibility index (Phi) is 3.64. The molecule has 124 valence electrons. The zero-order valence-corrected chi connectivity index (χ0v) is 13.1. The van der Waals surface area contributed by atoms with E-state index in [0.717, 1.165) is 29.6 Å². The van der Waals surface area contributed by atoms with Crippen molar-refractivity contribution in [2.75, 3.05) is 0 Å². The zero-order chi connectivity index (χ0) is 16.5. The minimum atomic E-state index is -0.180. The summed E-state index contributed by atoms with van der Waals surface area (Å²) in [6.45, 7) is 0.762. The number of rotatable bonds is 3. The fraction of sp³-hybridized carbons (Fsp3) is 0.375. The first-order valence-electron chi connectivity index (χ1n) is 8.05. The number of aryl methyl sites for hydroxylation is 1. The number of carbonyl (C=O) groups is 1. The predicted molar refractivity (Wildman–Crippen MR) is 87.4 cm³/mol. The molecule has 0 fully saturated rings. The molecule has 3 heterocycles. The van der Waals surface area contributed by atoms with Gasteiger partial charge in [-0.1, -0.05) is 18.2 Å². The van der Waals surface area contributed by atoms with Gasteiger partial charge in [-0.15, -0.1) is 0 Å². The Morgan fingerprint density at radius 3 is 3.08 bits per heavy atom. The molecular formula is C16H18N6O2. The van der Waals surface area contributed by atoms with Crippen LogP contribution in [0.1, 0.15) is 18.7 Å². The van der Waals surface area contributed by atoms with Gasteiger partial charge < -0.3 is 5.32 Å². The van der Waals surface area contributed by atoms with E-state index < -0.39 is 0 Å². The third kappa shape index (κ3) is 2.82. The molecule has 3 aromatic rings. The molecule has 4 rings (SSSR count). The molecule has 1 aliphatic rings. The molecule has 0 aliphatic carbocycles. The molecule has 1 aromatic carbocycles. The Morgan fingerprint density at radius 2 is 2.21 bits per heavy atom. The van der Waals surface area contributed by atoms with E-state index in [1.165, 1.54) is 0 Å². The highest BCUT2D eigenvalue weighted by Crippen LogP contribution is 2.12. The molecule has 1 unspecified atom stereocenters. The number of hydrogen-bond donors (Lipinski definition) is 2. The molecule has 24 heavy (non-hydrogen) atoms. The Labute approximate surface area is 137 Å². The molecule has 0 spiro atoms. The Bertz CT molecular complexity index is 904. The molecule has 0 radical (unpaired) electrons. The van der Waals surface area contributed by atoms with Gasteiger partial charge in [0, 0.05) is 30.6 Å². The Balaban J connectivity index is 1.38. The lowest BCUT2D eigenvalue weighted by Crippen LogP contribution is -2.37. The van der Waals surface area contributed by atoms with E-state index in [1.54, 1.807) is 9.25 Å². The monoisotopic (exact) mass is 326 g/mol. The van der Waals surface area contributed by atoms with Crippen LogP contribution in [0.5, 0.6) is 0 Å². The molecule has 2 aromatic heterocycles. The van der Waals surface area contributed by atoms with Gasteiger partial charge in [0.25, 0.3) is 0 Å². The molecule has 8 nitrogen and oxygen atoms in total. The Hall–Kier alpha value is -2.90. The average Bonchev–Trinajstić information content (AvgIpc) is 3.06. The van der Waals surface area contributed by atoms with Crippen LogP contribution in [-0.4, -0.2) is 36.5 Å². The molecular weight excluding hydrogens is 308 g/mol. The van der Waals surface area contributed by atoms with Crippen molar-refractivity contribution in [1.82, 2.24) is 29.9 Å².